The maximum atomic E-state index is 4.37. The second-order valence-electron chi connectivity index (χ2n) is 10.2. The van der Waals surface area contributed by atoms with Crippen LogP contribution in [0.15, 0.2) is 86.0 Å². The van der Waals surface area contributed by atoms with Crippen molar-refractivity contribution in [3.05, 3.63) is 119 Å². The van der Waals surface area contributed by atoms with Crippen molar-refractivity contribution in [3.8, 4) is 0 Å². The summed E-state index contributed by atoms with van der Waals surface area (Å²) in [4.78, 5) is 0. The summed E-state index contributed by atoms with van der Waals surface area (Å²) in [6, 6.07) is 26.1. The first kappa shape index (κ1) is 21.8. The minimum atomic E-state index is 0.153. The Morgan fingerprint density at radius 2 is 0.833 bits per heavy atom. The Bertz CT molecular complexity index is 962. The third-order valence-corrected chi connectivity index (χ3v) is 5.76. The number of hydrogen-bond acceptors (Lipinski definition) is 0. The lowest BCUT2D eigenvalue weighted by Crippen LogP contribution is -2.10. The summed E-state index contributed by atoms with van der Waals surface area (Å²) in [7, 11) is 0. The molecule has 0 spiro atoms. The molecule has 0 saturated carbocycles. The SMILES string of the molecule is C=C(c1ccc(C(C)(C)C)cc1)c1cccc(C(=C)c2ccc(C(C)(C)C)cc2)c1. The van der Waals surface area contributed by atoms with Gasteiger partial charge in [-0.1, -0.05) is 121 Å². The van der Waals surface area contributed by atoms with Gasteiger partial charge in [-0.05, 0) is 61.4 Å². The van der Waals surface area contributed by atoms with Crippen LogP contribution in [-0.2, 0) is 10.8 Å². The van der Waals surface area contributed by atoms with E-state index in [2.05, 4.69) is 127 Å². The van der Waals surface area contributed by atoms with Gasteiger partial charge >= 0.3 is 0 Å². The molecule has 3 aromatic carbocycles. The molecule has 0 aliphatic carbocycles. The highest BCUT2D eigenvalue weighted by molar-refractivity contribution is 5.83. The Morgan fingerprint density at radius 1 is 0.500 bits per heavy atom. The molecule has 0 bridgehead atoms. The lowest BCUT2D eigenvalue weighted by Gasteiger charge is -2.20. The van der Waals surface area contributed by atoms with Crippen LogP contribution in [0.25, 0.3) is 11.1 Å². The Labute approximate surface area is 183 Å². The Balaban J connectivity index is 1.85. The molecule has 0 heteroatoms. The van der Waals surface area contributed by atoms with Crippen LogP contribution >= 0.6 is 0 Å². The zero-order valence-corrected chi connectivity index (χ0v) is 19.3. The molecule has 0 N–H and O–H groups in total. The topological polar surface area (TPSA) is 0 Å². The standard InChI is InChI=1S/C30H34/c1-21(23-12-16-27(17-13-23)29(3,4)5)25-10-9-11-26(20-25)22(2)24-14-18-28(19-15-24)30(6,7)8/h9-20H,1-2H2,3-8H3. The van der Waals surface area contributed by atoms with E-state index in [9.17, 15) is 0 Å². The third kappa shape index (κ3) is 4.82. The molecular weight excluding hydrogens is 360 g/mol. The monoisotopic (exact) mass is 394 g/mol. The highest BCUT2D eigenvalue weighted by Crippen LogP contribution is 2.30. The zero-order valence-electron chi connectivity index (χ0n) is 19.3. The van der Waals surface area contributed by atoms with E-state index in [0.29, 0.717) is 0 Å². The van der Waals surface area contributed by atoms with Crippen LogP contribution in [0.5, 0.6) is 0 Å². The first-order chi connectivity index (χ1) is 14.0. The van der Waals surface area contributed by atoms with Crippen molar-refractivity contribution in [2.24, 2.45) is 0 Å². The van der Waals surface area contributed by atoms with Crippen LogP contribution in [-0.4, -0.2) is 0 Å². The van der Waals surface area contributed by atoms with Crippen LogP contribution < -0.4 is 0 Å². The normalized spacial score (nSPS) is 11.9. The van der Waals surface area contributed by atoms with Gasteiger partial charge in [0, 0.05) is 0 Å². The fourth-order valence-corrected chi connectivity index (χ4v) is 3.57. The van der Waals surface area contributed by atoms with E-state index in [0.717, 1.165) is 33.4 Å². The van der Waals surface area contributed by atoms with Crippen molar-refractivity contribution in [1.82, 2.24) is 0 Å². The van der Waals surface area contributed by atoms with E-state index >= 15 is 0 Å². The maximum absolute atomic E-state index is 4.37. The molecule has 0 atom stereocenters. The number of benzene rings is 3. The summed E-state index contributed by atoms with van der Waals surface area (Å²) in [5.41, 5.74) is 9.61. The highest BCUT2D eigenvalue weighted by atomic mass is 14.2. The second kappa shape index (κ2) is 8.11. The molecule has 30 heavy (non-hydrogen) atoms. The summed E-state index contributed by atoms with van der Waals surface area (Å²) in [5.74, 6) is 0. The lowest BCUT2D eigenvalue weighted by atomic mass is 9.85. The van der Waals surface area contributed by atoms with Crippen molar-refractivity contribution in [2.45, 2.75) is 52.4 Å². The predicted molar refractivity (Wildman–Crippen MR) is 133 cm³/mol. The molecule has 154 valence electrons. The number of rotatable bonds is 4. The quantitative estimate of drug-likeness (QED) is 0.416. The van der Waals surface area contributed by atoms with E-state index in [1.165, 1.54) is 11.1 Å². The van der Waals surface area contributed by atoms with Gasteiger partial charge in [0.2, 0.25) is 0 Å². The van der Waals surface area contributed by atoms with Gasteiger partial charge in [0.1, 0.15) is 0 Å². The lowest BCUT2D eigenvalue weighted by molar-refractivity contribution is 0.590. The van der Waals surface area contributed by atoms with E-state index in [1.54, 1.807) is 0 Å². The van der Waals surface area contributed by atoms with Crippen molar-refractivity contribution < 1.29 is 0 Å². The first-order valence-corrected chi connectivity index (χ1v) is 10.7. The van der Waals surface area contributed by atoms with Gasteiger partial charge in [0.05, 0.1) is 0 Å². The zero-order chi connectivity index (χ0) is 22.1. The van der Waals surface area contributed by atoms with Crippen LogP contribution in [0.2, 0.25) is 0 Å². The molecule has 0 radical (unpaired) electrons. The average Bonchev–Trinajstić information content (AvgIpc) is 2.71. The van der Waals surface area contributed by atoms with E-state index in [1.807, 2.05) is 0 Å². The third-order valence-electron chi connectivity index (χ3n) is 5.76. The summed E-state index contributed by atoms with van der Waals surface area (Å²) in [6.45, 7) is 22.2. The van der Waals surface area contributed by atoms with E-state index < -0.39 is 0 Å². The minimum absolute atomic E-state index is 0.153. The molecule has 0 aliphatic heterocycles. The van der Waals surface area contributed by atoms with Gasteiger partial charge in [-0.2, -0.15) is 0 Å². The molecule has 0 unspecified atom stereocenters. The van der Waals surface area contributed by atoms with Crippen molar-refractivity contribution >= 4 is 11.1 Å². The molecule has 3 aromatic rings. The van der Waals surface area contributed by atoms with Crippen LogP contribution in [0.1, 0.15) is 74.9 Å². The van der Waals surface area contributed by atoms with Gasteiger partial charge in [0.25, 0.3) is 0 Å². The van der Waals surface area contributed by atoms with Crippen molar-refractivity contribution in [1.29, 1.82) is 0 Å². The molecule has 0 fully saturated rings. The Hall–Kier alpha value is -2.86. The average molecular weight is 395 g/mol. The first-order valence-electron chi connectivity index (χ1n) is 10.7. The van der Waals surface area contributed by atoms with Crippen molar-refractivity contribution in [3.63, 3.8) is 0 Å². The highest BCUT2D eigenvalue weighted by Gasteiger charge is 2.15. The molecule has 0 aromatic heterocycles. The molecule has 0 saturated heterocycles. The summed E-state index contributed by atoms with van der Waals surface area (Å²) in [6.07, 6.45) is 0. The van der Waals surface area contributed by atoms with Crippen LogP contribution in [0.3, 0.4) is 0 Å². The predicted octanol–water partition coefficient (Wildman–Crippen LogP) is 8.40. The molecular formula is C30H34. The summed E-state index contributed by atoms with van der Waals surface area (Å²) >= 11 is 0. The maximum Gasteiger partial charge on any atom is -0.0132 e. The van der Waals surface area contributed by atoms with Crippen LogP contribution in [0, 0.1) is 0 Å². The molecule has 0 heterocycles. The van der Waals surface area contributed by atoms with Gasteiger partial charge in [0.15, 0.2) is 0 Å². The van der Waals surface area contributed by atoms with Gasteiger partial charge in [-0.15, -0.1) is 0 Å². The van der Waals surface area contributed by atoms with Crippen molar-refractivity contribution in [2.75, 3.05) is 0 Å². The van der Waals surface area contributed by atoms with E-state index in [-0.39, 0.29) is 10.8 Å². The fourth-order valence-electron chi connectivity index (χ4n) is 3.57. The summed E-state index contributed by atoms with van der Waals surface area (Å²) in [5, 5.41) is 0. The smallest absolute Gasteiger partial charge is 0.0132 e. The largest absolute Gasteiger partial charge is 0.0906 e. The molecule has 3 rings (SSSR count). The molecule has 0 nitrogen and oxygen atoms in total. The fraction of sp³-hybridized carbons (Fsp3) is 0.267. The Morgan fingerprint density at radius 3 is 1.13 bits per heavy atom. The second-order valence-corrected chi connectivity index (χ2v) is 10.2. The van der Waals surface area contributed by atoms with Gasteiger partial charge < -0.3 is 0 Å². The Kier molecular flexibility index (Phi) is 5.90. The van der Waals surface area contributed by atoms with Gasteiger partial charge in [-0.25, -0.2) is 0 Å². The minimum Gasteiger partial charge on any atom is -0.0906 e. The van der Waals surface area contributed by atoms with E-state index in [4.69, 9.17) is 0 Å². The molecule has 0 amide bonds. The molecule has 0 aliphatic rings. The summed E-state index contributed by atoms with van der Waals surface area (Å²) < 4.78 is 0. The van der Waals surface area contributed by atoms with Crippen LogP contribution in [0.4, 0.5) is 0 Å². The number of hydrogen-bond donors (Lipinski definition) is 0. The van der Waals surface area contributed by atoms with Gasteiger partial charge in [-0.3, -0.25) is 0 Å².